The molecule has 0 saturated carbocycles. The normalized spacial score (nSPS) is 15.3. The largest absolute Gasteiger partial charge is 0.490 e. The molecule has 0 N–H and O–H groups in total. The number of hydrogen-bond donors (Lipinski definition) is 0. The zero-order valence-corrected chi connectivity index (χ0v) is 26.4. The molecule has 3 nitrogen and oxygen atoms in total. The molecule has 0 atom stereocenters. The van der Waals surface area contributed by atoms with Crippen LogP contribution in [0, 0.1) is 5.41 Å². The summed E-state index contributed by atoms with van der Waals surface area (Å²) in [5.74, 6) is 1.46. The van der Waals surface area contributed by atoms with E-state index in [0.717, 1.165) is 41.5 Å². The molecule has 2 aromatic carbocycles. The molecule has 0 amide bonds. The van der Waals surface area contributed by atoms with E-state index in [0.29, 0.717) is 32.2 Å². The van der Waals surface area contributed by atoms with Crippen molar-refractivity contribution >= 4 is 127 Å². The van der Waals surface area contributed by atoms with Gasteiger partial charge in [0.05, 0.1) is 45.5 Å². The van der Waals surface area contributed by atoms with Crippen molar-refractivity contribution in [3.63, 3.8) is 0 Å². The smallest absolute Gasteiger partial charge is 0.150 e. The van der Waals surface area contributed by atoms with Gasteiger partial charge in [-0.15, -0.1) is 0 Å². The van der Waals surface area contributed by atoms with E-state index >= 15 is 0 Å². The standard InChI is InChI=1S/C17H10Br8O3/c18-7-1-8(19)15(9(20)2-7)27-5-17(3-26-4-17)6-28-16-13(24)11(22)10(21)12(23)14(16)25/h1-2H,3-6H2. The fourth-order valence-corrected chi connectivity index (χ4v) is 8.15. The van der Waals surface area contributed by atoms with Gasteiger partial charge in [-0.05, 0) is 124 Å². The Morgan fingerprint density at radius 2 is 1.11 bits per heavy atom. The lowest BCUT2D eigenvalue weighted by atomic mass is 9.88. The number of rotatable bonds is 6. The van der Waals surface area contributed by atoms with Gasteiger partial charge >= 0.3 is 0 Å². The fourth-order valence-electron chi connectivity index (χ4n) is 2.43. The summed E-state index contributed by atoms with van der Waals surface area (Å²) in [5, 5.41) is 0. The topological polar surface area (TPSA) is 27.7 Å². The average molecular weight is 901 g/mol. The zero-order chi connectivity index (χ0) is 20.6. The number of ether oxygens (including phenoxy) is 3. The van der Waals surface area contributed by atoms with E-state index in [-0.39, 0.29) is 5.41 Å². The van der Waals surface area contributed by atoms with Crippen molar-refractivity contribution in [2.24, 2.45) is 5.41 Å². The summed E-state index contributed by atoms with van der Waals surface area (Å²) in [6.07, 6.45) is 0. The van der Waals surface area contributed by atoms with Gasteiger partial charge in [-0.3, -0.25) is 0 Å². The highest BCUT2D eigenvalue weighted by atomic mass is 79.9. The highest BCUT2D eigenvalue weighted by molar-refractivity contribution is 9.16. The van der Waals surface area contributed by atoms with Crippen LogP contribution >= 0.6 is 127 Å². The Morgan fingerprint density at radius 3 is 1.54 bits per heavy atom. The quantitative estimate of drug-likeness (QED) is 0.214. The SMILES string of the molecule is Brc1cc(Br)c(OCC2(COc3c(Br)c(Br)c(Br)c(Br)c3Br)COC2)c(Br)c1. The van der Waals surface area contributed by atoms with E-state index < -0.39 is 0 Å². The molecule has 0 bridgehead atoms. The van der Waals surface area contributed by atoms with Gasteiger partial charge in [-0.2, -0.15) is 0 Å². The summed E-state index contributed by atoms with van der Waals surface area (Å²) < 4.78 is 24.8. The Hall–Kier alpha value is 1.84. The monoisotopic (exact) mass is 893 g/mol. The van der Waals surface area contributed by atoms with Crippen LogP contribution in [0.15, 0.2) is 47.9 Å². The van der Waals surface area contributed by atoms with Crippen molar-refractivity contribution in [3.8, 4) is 11.5 Å². The van der Waals surface area contributed by atoms with Crippen LogP contribution in [0.3, 0.4) is 0 Å². The van der Waals surface area contributed by atoms with Crippen molar-refractivity contribution in [2.45, 2.75) is 0 Å². The van der Waals surface area contributed by atoms with Crippen LogP contribution in [-0.4, -0.2) is 26.4 Å². The average Bonchev–Trinajstić information content (AvgIpc) is 2.60. The van der Waals surface area contributed by atoms with E-state index in [1.165, 1.54) is 0 Å². The molecule has 0 spiro atoms. The second kappa shape index (κ2) is 10.2. The predicted octanol–water partition coefficient (Wildman–Crippen LogP) is 9.26. The Morgan fingerprint density at radius 1 is 0.679 bits per heavy atom. The first kappa shape index (κ1) is 24.5. The molecule has 1 saturated heterocycles. The van der Waals surface area contributed by atoms with Gasteiger partial charge in [0.2, 0.25) is 0 Å². The Bertz CT molecular complexity index is 862. The van der Waals surface area contributed by atoms with Crippen LogP contribution in [0.25, 0.3) is 0 Å². The first-order valence-corrected chi connectivity index (χ1v) is 14.0. The van der Waals surface area contributed by atoms with Crippen LogP contribution in [0.1, 0.15) is 0 Å². The minimum Gasteiger partial charge on any atom is -0.490 e. The maximum absolute atomic E-state index is 6.19. The summed E-state index contributed by atoms with van der Waals surface area (Å²) in [7, 11) is 0. The molecule has 1 fully saturated rings. The van der Waals surface area contributed by atoms with Crippen molar-refractivity contribution in [3.05, 3.63) is 47.9 Å². The van der Waals surface area contributed by atoms with Gasteiger partial charge in [-0.1, -0.05) is 15.9 Å². The minimum absolute atomic E-state index is 0.225. The lowest BCUT2D eigenvalue weighted by Crippen LogP contribution is -2.51. The summed E-state index contributed by atoms with van der Waals surface area (Å²) in [4.78, 5) is 0. The number of halogens is 8. The third-order valence-electron chi connectivity index (χ3n) is 3.99. The molecule has 1 aliphatic rings. The molecule has 0 radical (unpaired) electrons. The van der Waals surface area contributed by atoms with E-state index in [2.05, 4.69) is 127 Å². The second-order valence-electron chi connectivity index (χ2n) is 6.17. The number of benzene rings is 2. The summed E-state index contributed by atoms with van der Waals surface area (Å²) in [6.45, 7) is 2.08. The highest BCUT2D eigenvalue weighted by Gasteiger charge is 2.41. The van der Waals surface area contributed by atoms with Crippen LogP contribution in [-0.2, 0) is 4.74 Å². The summed E-state index contributed by atoms with van der Waals surface area (Å²) >= 11 is 28.4. The maximum atomic E-state index is 6.19. The zero-order valence-electron chi connectivity index (χ0n) is 13.7. The first-order valence-electron chi connectivity index (χ1n) is 7.64. The molecule has 3 rings (SSSR count). The molecule has 0 unspecified atom stereocenters. The van der Waals surface area contributed by atoms with Crippen molar-refractivity contribution in [1.29, 1.82) is 0 Å². The van der Waals surface area contributed by atoms with Gasteiger partial charge in [-0.25, -0.2) is 0 Å². The minimum atomic E-state index is -0.225. The molecule has 28 heavy (non-hydrogen) atoms. The molecule has 0 aliphatic carbocycles. The predicted molar refractivity (Wildman–Crippen MR) is 139 cm³/mol. The third kappa shape index (κ3) is 5.24. The van der Waals surface area contributed by atoms with E-state index in [9.17, 15) is 0 Å². The summed E-state index contributed by atoms with van der Waals surface area (Å²) in [6, 6.07) is 3.90. The van der Waals surface area contributed by atoms with Gasteiger partial charge in [0.1, 0.15) is 24.7 Å². The molecular formula is C17H10Br8O3. The highest BCUT2D eigenvalue weighted by Crippen LogP contribution is 2.49. The lowest BCUT2D eigenvalue weighted by Gasteiger charge is -2.40. The van der Waals surface area contributed by atoms with Gasteiger partial charge < -0.3 is 14.2 Å². The van der Waals surface area contributed by atoms with E-state index in [1.54, 1.807) is 0 Å². The fraction of sp³-hybridized carbons (Fsp3) is 0.294. The van der Waals surface area contributed by atoms with Gasteiger partial charge in [0.25, 0.3) is 0 Å². The van der Waals surface area contributed by atoms with Gasteiger partial charge in [0.15, 0.2) is 0 Å². The summed E-state index contributed by atoms with van der Waals surface area (Å²) in [5.41, 5.74) is -0.225. The Labute approximate surface area is 230 Å². The van der Waals surface area contributed by atoms with Crippen molar-refractivity contribution < 1.29 is 14.2 Å². The van der Waals surface area contributed by atoms with Crippen LogP contribution in [0.4, 0.5) is 0 Å². The van der Waals surface area contributed by atoms with E-state index in [1.807, 2.05) is 12.1 Å². The Kier molecular flexibility index (Phi) is 8.91. The van der Waals surface area contributed by atoms with Crippen LogP contribution < -0.4 is 9.47 Å². The second-order valence-corrected chi connectivity index (χ2v) is 12.8. The molecule has 0 aromatic heterocycles. The van der Waals surface area contributed by atoms with Crippen LogP contribution in [0.2, 0.25) is 0 Å². The van der Waals surface area contributed by atoms with E-state index in [4.69, 9.17) is 14.2 Å². The molecule has 1 heterocycles. The number of hydrogen-bond acceptors (Lipinski definition) is 3. The molecule has 11 heteroatoms. The van der Waals surface area contributed by atoms with Gasteiger partial charge in [0, 0.05) is 8.95 Å². The van der Waals surface area contributed by atoms with Crippen molar-refractivity contribution in [1.82, 2.24) is 0 Å². The molecule has 1 aliphatic heterocycles. The maximum Gasteiger partial charge on any atom is 0.150 e. The molecular weight excluding hydrogens is 891 g/mol. The van der Waals surface area contributed by atoms with Crippen molar-refractivity contribution in [2.75, 3.05) is 26.4 Å². The van der Waals surface area contributed by atoms with Crippen LogP contribution in [0.5, 0.6) is 11.5 Å². The molecule has 2 aromatic rings. The first-order chi connectivity index (χ1) is 13.1. The Balaban J connectivity index is 1.75. The molecule has 152 valence electrons. The lowest BCUT2D eigenvalue weighted by molar-refractivity contribution is -0.149. The third-order valence-corrected chi connectivity index (χ3v) is 11.7.